The van der Waals surface area contributed by atoms with Crippen LogP contribution >= 0.6 is 0 Å². The molecular formula is C11H10F2N4O. The second-order valence-electron chi connectivity index (χ2n) is 4.19. The molecule has 0 radical (unpaired) electrons. The molecule has 2 aromatic rings. The monoisotopic (exact) mass is 252 g/mol. The molecule has 2 aromatic heterocycles. The summed E-state index contributed by atoms with van der Waals surface area (Å²) in [5.41, 5.74) is 0.741. The Hall–Kier alpha value is -1.89. The number of nitrogens with zero attached hydrogens (tertiary/aromatic N) is 3. The molecule has 0 aromatic carbocycles. The predicted molar refractivity (Wildman–Crippen MR) is 57.8 cm³/mol. The number of hydrogen-bond donors (Lipinski definition) is 1. The molecule has 1 fully saturated rings. The van der Waals surface area contributed by atoms with Crippen molar-refractivity contribution in [2.45, 2.75) is 18.4 Å². The molecule has 1 aliphatic heterocycles. The van der Waals surface area contributed by atoms with Crippen LogP contribution in [0.15, 0.2) is 29.0 Å². The van der Waals surface area contributed by atoms with Gasteiger partial charge in [0.15, 0.2) is 0 Å². The zero-order chi connectivity index (χ0) is 12.6. The van der Waals surface area contributed by atoms with Crippen molar-refractivity contribution in [3.05, 3.63) is 30.4 Å². The van der Waals surface area contributed by atoms with E-state index in [1.807, 2.05) is 0 Å². The van der Waals surface area contributed by atoms with E-state index in [0.717, 1.165) is 5.56 Å². The van der Waals surface area contributed by atoms with Crippen LogP contribution in [0.2, 0.25) is 0 Å². The molecule has 0 spiro atoms. The minimum atomic E-state index is -2.71. The highest BCUT2D eigenvalue weighted by atomic mass is 19.3. The molecule has 0 bridgehead atoms. The Bertz CT molecular complexity index is 543. The Morgan fingerprint density at radius 3 is 2.78 bits per heavy atom. The number of alkyl halides is 2. The summed E-state index contributed by atoms with van der Waals surface area (Å²) in [7, 11) is 0. The number of nitrogens with one attached hydrogen (secondary N) is 1. The molecule has 7 heteroatoms. The van der Waals surface area contributed by atoms with Crippen LogP contribution in [0.5, 0.6) is 0 Å². The van der Waals surface area contributed by atoms with Crippen LogP contribution < -0.4 is 5.32 Å². The molecule has 5 nitrogen and oxygen atoms in total. The molecule has 0 aliphatic carbocycles. The van der Waals surface area contributed by atoms with Crippen LogP contribution in [0, 0.1) is 0 Å². The zero-order valence-electron chi connectivity index (χ0n) is 9.31. The molecule has 1 atom stereocenters. The van der Waals surface area contributed by atoms with E-state index in [0.29, 0.717) is 5.82 Å². The van der Waals surface area contributed by atoms with Crippen LogP contribution in [0.1, 0.15) is 18.4 Å². The zero-order valence-corrected chi connectivity index (χ0v) is 9.31. The van der Waals surface area contributed by atoms with Crippen molar-refractivity contribution < 1.29 is 13.3 Å². The first-order chi connectivity index (χ1) is 8.64. The van der Waals surface area contributed by atoms with Crippen LogP contribution in [0.3, 0.4) is 0 Å². The Balaban J connectivity index is 1.83. The second kappa shape index (κ2) is 4.09. The van der Waals surface area contributed by atoms with Gasteiger partial charge in [-0.2, -0.15) is 4.98 Å². The van der Waals surface area contributed by atoms with E-state index in [1.54, 1.807) is 24.5 Å². The minimum absolute atomic E-state index is 0.194. The molecule has 0 amide bonds. The first-order valence-corrected chi connectivity index (χ1v) is 5.49. The number of hydrogen-bond acceptors (Lipinski definition) is 5. The normalized spacial score (nSPS) is 22.2. The molecule has 1 N–H and O–H groups in total. The summed E-state index contributed by atoms with van der Waals surface area (Å²) in [6.45, 7) is -0.357. The smallest absolute Gasteiger partial charge is 0.262 e. The minimum Gasteiger partial charge on any atom is -0.337 e. The molecule has 3 heterocycles. The molecule has 3 rings (SSSR count). The fourth-order valence-corrected chi connectivity index (χ4v) is 1.89. The lowest BCUT2D eigenvalue weighted by atomic mass is 10.2. The maximum atomic E-state index is 13.0. The van der Waals surface area contributed by atoms with Gasteiger partial charge >= 0.3 is 0 Å². The molecule has 18 heavy (non-hydrogen) atoms. The van der Waals surface area contributed by atoms with Gasteiger partial charge in [0.05, 0.1) is 12.6 Å². The van der Waals surface area contributed by atoms with Gasteiger partial charge in [0.25, 0.3) is 5.92 Å². The Morgan fingerprint density at radius 1 is 1.33 bits per heavy atom. The van der Waals surface area contributed by atoms with E-state index >= 15 is 0 Å². The van der Waals surface area contributed by atoms with Gasteiger partial charge in [0.1, 0.15) is 0 Å². The first kappa shape index (κ1) is 11.2. The molecule has 0 saturated carbocycles. The summed E-state index contributed by atoms with van der Waals surface area (Å²) in [5, 5.41) is 6.45. The third-order valence-corrected chi connectivity index (χ3v) is 2.79. The van der Waals surface area contributed by atoms with Crippen LogP contribution in [0.4, 0.5) is 8.78 Å². The van der Waals surface area contributed by atoms with Crippen molar-refractivity contribution in [1.29, 1.82) is 0 Å². The van der Waals surface area contributed by atoms with Gasteiger partial charge in [-0.15, -0.1) is 0 Å². The topological polar surface area (TPSA) is 63.8 Å². The summed E-state index contributed by atoms with van der Waals surface area (Å²) in [6, 6.07) is 2.87. The number of rotatable bonds is 2. The highest BCUT2D eigenvalue weighted by Crippen LogP contribution is 2.33. The Kier molecular flexibility index (Phi) is 2.55. The third-order valence-electron chi connectivity index (χ3n) is 2.79. The Labute approximate surface area is 101 Å². The SMILES string of the molecule is FC1(F)CNC(c2nc(-c3ccncc3)no2)C1. The van der Waals surface area contributed by atoms with Crippen molar-refractivity contribution >= 4 is 0 Å². The summed E-state index contributed by atoms with van der Waals surface area (Å²) in [6.07, 6.45) is 2.89. The fourth-order valence-electron chi connectivity index (χ4n) is 1.89. The quantitative estimate of drug-likeness (QED) is 0.882. The van der Waals surface area contributed by atoms with Crippen molar-refractivity contribution in [3.63, 3.8) is 0 Å². The standard InChI is InChI=1S/C11H10F2N4O/c12-11(13)5-8(15-6-11)10-16-9(17-18-10)7-1-3-14-4-2-7/h1-4,8,15H,5-6H2. The number of pyridine rings is 1. The molecule has 94 valence electrons. The van der Waals surface area contributed by atoms with E-state index in [9.17, 15) is 8.78 Å². The third kappa shape index (κ3) is 2.08. The van der Waals surface area contributed by atoms with E-state index in [4.69, 9.17) is 4.52 Å². The highest BCUT2D eigenvalue weighted by Gasteiger charge is 2.42. The average molecular weight is 252 g/mol. The highest BCUT2D eigenvalue weighted by molar-refractivity contribution is 5.52. The van der Waals surface area contributed by atoms with E-state index in [-0.39, 0.29) is 18.9 Å². The van der Waals surface area contributed by atoms with Gasteiger partial charge < -0.3 is 4.52 Å². The van der Waals surface area contributed by atoms with Crippen LogP contribution in [-0.2, 0) is 0 Å². The van der Waals surface area contributed by atoms with Crippen LogP contribution in [-0.4, -0.2) is 27.6 Å². The largest absolute Gasteiger partial charge is 0.337 e. The molecule has 1 saturated heterocycles. The lowest BCUT2D eigenvalue weighted by molar-refractivity contribution is 0.0200. The van der Waals surface area contributed by atoms with Crippen molar-refractivity contribution in [2.75, 3.05) is 6.54 Å². The molecule has 1 aliphatic rings. The lowest BCUT2D eigenvalue weighted by Crippen LogP contribution is -2.19. The molecule has 1 unspecified atom stereocenters. The van der Waals surface area contributed by atoms with Gasteiger partial charge in [-0.1, -0.05) is 5.16 Å². The average Bonchev–Trinajstić information content (AvgIpc) is 2.96. The summed E-state index contributed by atoms with van der Waals surface area (Å²) in [5.74, 6) is -2.14. The van der Waals surface area contributed by atoms with Gasteiger partial charge in [-0.25, -0.2) is 8.78 Å². The van der Waals surface area contributed by atoms with Crippen molar-refractivity contribution in [1.82, 2.24) is 20.4 Å². The number of aromatic nitrogens is 3. The number of halogens is 2. The van der Waals surface area contributed by atoms with E-state index in [1.165, 1.54) is 0 Å². The second-order valence-corrected chi connectivity index (χ2v) is 4.19. The van der Waals surface area contributed by atoms with Gasteiger partial charge in [0, 0.05) is 24.4 Å². The van der Waals surface area contributed by atoms with E-state index in [2.05, 4.69) is 20.4 Å². The van der Waals surface area contributed by atoms with E-state index < -0.39 is 12.0 Å². The maximum Gasteiger partial charge on any atom is 0.262 e. The summed E-state index contributed by atoms with van der Waals surface area (Å²) >= 11 is 0. The van der Waals surface area contributed by atoms with Gasteiger partial charge in [0.2, 0.25) is 11.7 Å². The van der Waals surface area contributed by atoms with Gasteiger partial charge in [-0.05, 0) is 12.1 Å². The van der Waals surface area contributed by atoms with Gasteiger partial charge in [-0.3, -0.25) is 10.3 Å². The van der Waals surface area contributed by atoms with Crippen molar-refractivity contribution in [3.8, 4) is 11.4 Å². The lowest BCUT2D eigenvalue weighted by Gasteiger charge is -2.04. The summed E-state index contributed by atoms with van der Waals surface area (Å²) < 4.78 is 31.1. The summed E-state index contributed by atoms with van der Waals surface area (Å²) in [4.78, 5) is 8.00. The van der Waals surface area contributed by atoms with Crippen LogP contribution in [0.25, 0.3) is 11.4 Å². The first-order valence-electron chi connectivity index (χ1n) is 5.49. The fraction of sp³-hybridized carbons (Fsp3) is 0.364. The Morgan fingerprint density at radius 2 is 2.11 bits per heavy atom. The maximum absolute atomic E-state index is 13.0. The predicted octanol–water partition coefficient (Wildman–Crippen LogP) is 1.80. The molecular weight excluding hydrogens is 242 g/mol. The van der Waals surface area contributed by atoms with Crippen molar-refractivity contribution in [2.24, 2.45) is 0 Å².